The van der Waals surface area contributed by atoms with Crippen LogP contribution >= 0.6 is 27.3 Å². The summed E-state index contributed by atoms with van der Waals surface area (Å²) in [4.78, 5) is 9.75. The number of rotatable bonds is 4. The molecule has 2 atom stereocenters. The zero-order valence-corrected chi connectivity index (χ0v) is 13.5. The van der Waals surface area contributed by atoms with Crippen LogP contribution in [0.4, 0.5) is 0 Å². The molecule has 6 heteroatoms. The van der Waals surface area contributed by atoms with Crippen molar-refractivity contribution < 1.29 is 4.52 Å². The Bertz CT molecular complexity index is 739. The second-order valence-electron chi connectivity index (χ2n) is 5.19. The Morgan fingerprint density at radius 2 is 2.10 bits per heavy atom. The Hall–Kier alpha value is -1.53. The van der Waals surface area contributed by atoms with Gasteiger partial charge in [-0.15, -0.1) is 11.3 Å². The van der Waals surface area contributed by atoms with E-state index in [4.69, 9.17) is 4.52 Å². The molecule has 2 aromatic heterocycles. The summed E-state index contributed by atoms with van der Waals surface area (Å²) in [5, 5.41) is 4.08. The molecule has 0 bridgehead atoms. The van der Waals surface area contributed by atoms with Crippen LogP contribution in [0.15, 0.2) is 45.0 Å². The molecule has 3 aromatic rings. The minimum atomic E-state index is 0.369. The van der Waals surface area contributed by atoms with Crippen molar-refractivity contribution in [3.05, 3.63) is 62.6 Å². The highest BCUT2D eigenvalue weighted by Gasteiger charge is 2.43. The lowest BCUT2D eigenvalue weighted by Gasteiger charge is -1.98. The largest absolute Gasteiger partial charge is 0.339 e. The van der Waals surface area contributed by atoms with Gasteiger partial charge in [0.15, 0.2) is 5.82 Å². The first-order valence-corrected chi connectivity index (χ1v) is 8.42. The molecule has 0 N–H and O–H groups in total. The van der Waals surface area contributed by atoms with Gasteiger partial charge in [0.1, 0.15) is 0 Å². The molecule has 4 rings (SSSR count). The highest BCUT2D eigenvalue weighted by molar-refractivity contribution is 9.10. The second-order valence-corrected chi connectivity index (χ2v) is 7.08. The SMILES string of the molecule is Brc1ccc([C@@H]2C[C@H]2c2nc(Cc3cncs3)no2)cc1. The van der Waals surface area contributed by atoms with E-state index < -0.39 is 0 Å². The van der Waals surface area contributed by atoms with E-state index in [1.54, 1.807) is 11.3 Å². The van der Waals surface area contributed by atoms with E-state index in [0.29, 0.717) is 18.3 Å². The summed E-state index contributed by atoms with van der Waals surface area (Å²) in [5.41, 5.74) is 3.16. The van der Waals surface area contributed by atoms with Crippen molar-refractivity contribution in [1.29, 1.82) is 0 Å². The fourth-order valence-corrected chi connectivity index (χ4v) is 3.38. The molecule has 0 radical (unpaired) electrons. The smallest absolute Gasteiger partial charge is 0.230 e. The van der Waals surface area contributed by atoms with Gasteiger partial charge in [0.05, 0.1) is 5.51 Å². The van der Waals surface area contributed by atoms with E-state index in [0.717, 1.165) is 27.5 Å². The van der Waals surface area contributed by atoms with Crippen LogP contribution in [-0.4, -0.2) is 15.1 Å². The minimum Gasteiger partial charge on any atom is -0.339 e. The summed E-state index contributed by atoms with van der Waals surface area (Å²) in [6, 6.07) is 8.47. The molecule has 0 spiro atoms. The lowest BCUT2D eigenvalue weighted by Crippen LogP contribution is -1.89. The summed E-state index contributed by atoms with van der Waals surface area (Å²) < 4.78 is 6.53. The van der Waals surface area contributed by atoms with Crippen molar-refractivity contribution in [2.75, 3.05) is 0 Å². The molecule has 1 aliphatic carbocycles. The Morgan fingerprint density at radius 1 is 1.24 bits per heavy atom. The average molecular weight is 362 g/mol. The van der Waals surface area contributed by atoms with E-state index in [1.807, 2.05) is 11.7 Å². The van der Waals surface area contributed by atoms with Crippen molar-refractivity contribution in [1.82, 2.24) is 15.1 Å². The molecular formula is C15H12BrN3OS. The van der Waals surface area contributed by atoms with Gasteiger partial charge in [-0.3, -0.25) is 4.98 Å². The Morgan fingerprint density at radius 3 is 2.86 bits per heavy atom. The van der Waals surface area contributed by atoms with Crippen LogP contribution in [-0.2, 0) is 6.42 Å². The van der Waals surface area contributed by atoms with E-state index in [2.05, 4.69) is 55.3 Å². The molecule has 1 aliphatic rings. The van der Waals surface area contributed by atoms with Gasteiger partial charge in [-0.05, 0) is 30.0 Å². The Labute approximate surface area is 134 Å². The van der Waals surface area contributed by atoms with Crippen LogP contribution in [0.3, 0.4) is 0 Å². The summed E-state index contributed by atoms with van der Waals surface area (Å²) in [7, 11) is 0. The predicted octanol–water partition coefficient (Wildman–Crippen LogP) is 4.15. The number of hydrogen-bond donors (Lipinski definition) is 0. The molecule has 0 saturated heterocycles. The molecule has 1 aromatic carbocycles. The zero-order valence-electron chi connectivity index (χ0n) is 11.1. The topological polar surface area (TPSA) is 51.8 Å². The van der Waals surface area contributed by atoms with Gasteiger partial charge >= 0.3 is 0 Å². The van der Waals surface area contributed by atoms with Gasteiger partial charge in [-0.25, -0.2) is 0 Å². The van der Waals surface area contributed by atoms with E-state index in [1.165, 1.54) is 5.56 Å². The molecule has 1 fully saturated rings. The summed E-state index contributed by atoms with van der Waals surface area (Å²) in [5.74, 6) is 2.39. The number of hydrogen-bond acceptors (Lipinski definition) is 5. The number of halogens is 1. The van der Waals surface area contributed by atoms with Gasteiger partial charge < -0.3 is 4.52 Å². The number of benzene rings is 1. The van der Waals surface area contributed by atoms with Crippen LogP contribution < -0.4 is 0 Å². The van der Waals surface area contributed by atoms with Gasteiger partial charge in [0.2, 0.25) is 5.89 Å². The third-order valence-electron chi connectivity index (χ3n) is 3.71. The zero-order chi connectivity index (χ0) is 14.2. The first kappa shape index (κ1) is 13.2. The molecular weight excluding hydrogens is 350 g/mol. The molecule has 0 unspecified atom stereocenters. The second kappa shape index (κ2) is 5.35. The molecule has 21 heavy (non-hydrogen) atoms. The molecule has 2 heterocycles. The van der Waals surface area contributed by atoms with Gasteiger partial charge in [-0.2, -0.15) is 4.98 Å². The summed E-state index contributed by atoms with van der Waals surface area (Å²) >= 11 is 5.07. The monoisotopic (exact) mass is 361 g/mol. The molecule has 1 saturated carbocycles. The van der Waals surface area contributed by atoms with Crippen LogP contribution in [0.2, 0.25) is 0 Å². The summed E-state index contributed by atoms with van der Waals surface area (Å²) in [6.45, 7) is 0. The number of nitrogens with zero attached hydrogens (tertiary/aromatic N) is 3. The highest BCUT2D eigenvalue weighted by Crippen LogP contribution is 2.54. The van der Waals surface area contributed by atoms with Crippen molar-refractivity contribution in [2.45, 2.75) is 24.7 Å². The minimum absolute atomic E-state index is 0.369. The average Bonchev–Trinajstić information content (AvgIpc) is 2.90. The third kappa shape index (κ3) is 2.78. The first-order chi connectivity index (χ1) is 10.3. The Kier molecular flexibility index (Phi) is 3.35. The van der Waals surface area contributed by atoms with Gasteiger partial charge in [-0.1, -0.05) is 33.2 Å². The third-order valence-corrected chi connectivity index (χ3v) is 5.01. The van der Waals surface area contributed by atoms with E-state index in [-0.39, 0.29) is 0 Å². The maximum Gasteiger partial charge on any atom is 0.230 e. The molecule has 4 nitrogen and oxygen atoms in total. The van der Waals surface area contributed by atoms with Gasteiger partial charge in [0, 0.05) is 27.9 Å². The standard InChI is InChI=1S/C15H12BrN3OS/c16-10-3-1-9(2-4-10)12-6-13(12)15-18-14(19-20-15)5-11-7-17-8-21-11/h1-4,7-8,12-13H,5-6H2/t12-,13+/m0/s1. The normalized spacial score (nSPS) is 20.6. The lowest BCUT2D eigenvalue weighted by atomic mass is 10.1. The van der Waals surface area contributed by atoms with Crippen LogP contribution in [0, 0.1) is 0 Å². The number of thiazole rings is 1. The maximum absolute atomic E-state index is 5.43. The van der Waals surface area contributed by atoms with Gasteiger partial charge in [0.25, 0.3) is 0 Å². The van der Waals surface area contributed by atoms with Crippen molar-refractivity contribution in [3.63, 3.8) is 0 Å². The van der Waals surface area contributed by atoms with E-state index in [9.17, 15) is 0 Å². The molecule has 0 amide bonds. The van der Waals surface area contributed by atoms with Crippen molar-refractivity contribution >= 4 is 27.3 Å². The van der Waals surface area contributed by atoms with Crippen molar-refractivity contribution in [2.24, 2.45) is 0 Å². The quantitative estimate of drug-likeness (QED) is 0.700. The molecule has 106 valence electrons. The Balaban J connectivity index is 1.46. The fourth-order valence-electron chi connectivity index (χ4n) is 2.52. The highest BCUT2D eigenvalue weighted by atomic mass is 79.9. The molecule has 0 aliphatic heterocycles. The fraction of sp³-hybridized carbons (Fsp3) is 0.267. The maximum atomic E-state index is 5.43. The van der Waals surface area contributed by atoms with Crippen LogP contribution in [0.1, 0.15) is 40.4 Å². The predicted molar refractivity (Wildman–Crippen MR) is 83.5 cm³/mol. The summed E-state index contributed by atoms with van der Waals surface area (Å²) in [6.07, 6.45) is 3.64. The number of aromatic nitrogens is 3. The van der Waals surface area contributed by atoms with Crippen LogP contribution in [0.5, 0.6) is 0 Å². The first-order valence-electron chi connectivity index (χ1n) is 6.75. The van der Waals surface area contributed by atoms with E-state index >= 15 is 0 Å². The van der Waals surface area contributed by atoms with Crippen LogP contribution in [0.25, 0.3) is 0 Å². The van der Waals surface area contributed by atoms with Crippen molar-refractivity contribution in [3.8, 4) is 0 Å². The lowest BCUT2D eigenvalue weighted by molar-refractivity contribution is 0.373.